The number of amides is 2. The summed E-state index contributed by atoms with van der Waals surface area (Å²) in [7, 11) is 0. The first-order chi connectivity index (χ1) is 9.94. The predicted octanol–water partition coefficient (Wildman–Crippen LogP) is 1.77. The fraction of sp³-hybridized carbons (Fsp3) is 0.875. The van der Waals surface area contributed by atoms with Crippen molar-refractivity contribution >= 4 is 12.0 Å². The average Bonchev–Trinajstić information content (AvgIpc) is 2.30. The Morgan fingerprint density at radius 2 is 1.82 bits per heavy atom. The Morgan fingerprint density at radius 3 is 2.27 bits per heavy atom. The maximum atomic E-state index is 12.0. The number of aliphatic hydroxyl groups is 1. The van der Waals surface area contributed by atoms with Gasteiger partial charge < -0.3 is 20.1 Å². The third-order valence-corrected chi connectivity index (χ3v) is 3.68. The zero-order valence-electron chi connectivity index (χ0n) is 14.6. The van der Waals surface area contributed by atoms with Gasteiger partial charge in [-0.25, -0.2) is 4.79 Å². The fourth-order valence-corrected chi connectivity index (χ4v) is 2.24. The van der Waals surface area contributed by atoms with Gasteiger partial charge >= 0.3 is 6.09 Å². The molecule has 1 aliphatic rings. The zero-order chi connectivity index (χ0) is 17.1. The molecule has 1 rings (SSSR count). The number of rotatable bonds is 5. The fourth-order valence-electron chi connectivity index (χ4n) is 2.24. The third kappa shape index (κ3) is 5.48. The van der Waals surface area contributed by atoms with Crippen molar-refractivity contribution in [1.82, 2.24) is 10.2 Å². The highest BCUT2D eigenvalue weighted by Crippen LogP contribution is 2.23. The molecule has 1 saturated heterocycles. The number of hydrogen-bond donors (Lipinski definition) is 2. The van der Waals surface area contributed by atoms with E-state index in [0.717, 1.165) is 6.42 Å². The quantitative estimate of drug-likeness (QED) is 0.810. The number of nitrogens with zero attached hydrogens (tertiary/aromatic N) is 1. The summed E-state index contributed by atoms with van der Waals surface area (Å²) in [4.78, 5) is 25.5. The van der Waals surface area contributed by atoms with E-state index in [-0.39, 0.29) is 24.6 Å². The molecule has 0 aliphatic carbocycles. The summed E-state index contributed by atoms with van der Waals surface area (Å²) in [5, 5.41) is 12.1. The Morgan fingerprint density at radius 1 is 1.27 bits per heavy atom. The van der Waals surface area contributed by atoms with Crippen LogP contribution in [0.2, 0.25) is 0 Å². The second-order valence-electron chi connectivity index (χ2n) is 7.90. The molecule has 1 fully saturated rings. The first-order valence-corrected chi connectivity index (χ1v) is 7.84. The Labute approximate surface area is 133 Å². The summed E-state index contributed by atoms with van der Waals surface area (Å²) in [6.07, 6.45) is 0.536. The first kappa shape index (κ1) is 18.7. The third-order valence-electron chi connectivity index (χ3n) is 3.68. The van der Waals surface area contributed by atoms with Gasteiger partial charge in [0.25, 0.3) is 0 Å². The van der Waals surface area contributed by atoms with E-state index >= 15 is 0 Å². The Hall–Kier alpha value is -1.30. The van der Waals surface area contributed by atoms with Crippen molar-refractivity contribution in [2.45, 2.75) is 59.6 Å². The molecule has 0 radical (unpaired) electrons. The van der Waals surface area contributed by atoms with Crippen LogP contribution in [-0.2, 0) is 9.53 Å². The van der Waals surface area contributed by atoms with E-state index in [1.807, 2.05) is 27.7 Å². The Kier molecular flexibility index (Phi) is 5.84. The van der Waals surface area contributed by atoms with Crippen LogP contribution in [0.15, 0.2) is 0 Å². The molecule has 0 aromatic heterocycles. The van der Waals surface area contributed by atoms with E-state index < -0.39 is 11.0 Å². The van der Waals surface area contributed by atoms with Crippen LogP contribution < -0.4 is 5.32 Å². The number of aliphatic hydroxyl groups excluding tert-OH is 1. The molecular formula is C16H30N2O4. The lowest BCUT2D eigenvalue weighted by Crippen LogP contribution is -2.53. The van der Waals surface area contributed by atoms with E-state index in [4.69, 9.17) is 4.74 Å². The molecule has 0 bridgehead atoms. The number of ether oxygens (including phenoxy) is 1. The van der Waals surface area contributed by atoms with Crippen molar-refractivity contribution in [3.05, 3.63) is 0 Å². The van der Waals surface area contributed by atoms with Gasteiger partial charge in [0.1, 0.15) is 5.60 Å². The van der Waals surface area contributed by atoms with Crippen LogP contribution in [0.4, 0.5) is 4.79 Å². The molecule has 22 heavy (non-hydrogen) atoms. The molecule has 128 valence electrons. The number of hydrogen-bond acceptors (Lipinski definition) is 4. The van der Waals surface area contributed by atoms with Crippen LogP contribution in [0.1, 0.15) is 48.0 Å². The van der Waals surface area contributed by atoms with Gasteiger partial charge in [-0.05, 0) is 53.9 Å². The van der Waals surface area contributed by atoms with Crippen LogP contribution in [0.25, 0.3) is 0 Å². The van der Waals surface area contributed by atoms with Crippen LogP contribution in [0.5, 0.6) is 0 Å². The summed E-state index contributed by atoms with van der Waals surface area (Å²) in [5.74, 6) is 0.228. The predicted molar refractivity (Wildman–Crippen MR) is 84.4 cm³/mol. The number of carbonyl (C=O) groups is 2. The lowest BCUT2D eigenvalue weighted by atomic mass is 9.90. The minimum absolute atomic E-state index is 0.0177. The standard InChI is InChI=1S/C16H30N2O4/c1-11(17-13(20)16(5,6)10-19)7-12-8-18(9-12)14(21)22-15(2,3)4/h11-12,19H,7-10H2,1-6H3,(H,17,20)/t11-/m0/s1. The van der Waals surface area contributed by atoms with Crippen molar-refractivity contribution in [2.75, 3.05) is 19.7 Å². The summed E-state index contributed by atoms with van der Waals surface area (Å²) in [6, 6.07) is 0.0177. The van der Waals surface area contributed by atoms with E-state index in [9.17, 15) is 14.7 Å². The van der Waals surface area contributed by atoms with Crippen LogP contribution >= 0.6 is 0 Å². The van der Waals surface area contributed by atoms with Gasteiger partial charge in [0, 0.05) is 19.1 Å². The molecule has 0 aromatic rings. The number of likely N-dealkylation sites (tertiary alicyclic amines) is 1. The van der Waals surface area contributed by atoms with Crippen molar-refractivity contribution in [3.63, 3.8) is 0 Å². The van der Waals surface area contributed by atoms with Gasteiger partial charge in [-0.15, -0.1) is 0 Å². The maximum Gasteiger partial charge on any atom is 0.410 e. The summed E-state index contributed by atoms with van der Waals surface area (Å²) >= 11 is 0. The molecule has 6 heteroatoms. The Bertz CT molecular complexity index is 409. The van der Waals surface area contributed by atoms with Gasteiger partial charge in [-0.1, -0.05) is 0 Å². The molecule has 1 atom stereocenters. The second kappa shape index (κ2) is 6.86. The highest BCUT2D eigenvalue weighted by molar-refractivity contribution is 5.82. The Balaban J connectivity index is 2.31. The van der Waals surface area contributed by atoms with Gasteiger partial charge in [0.05, 0.1) is 12.0 Å². The highest BCUT2D eigenvalue weighted by Gasteiger charge is 2.35. The summed E-state index contributed by atoms with van der Waals surface area (Å²) < 4.78 is 5.31. The molecule has 1 heterocycles. The monoisotopic (exact) mass is 314 g/mol. The molecule has 0 saturated carbocycles. The summed E-state index contributed by atoms with van der Waals surface area (Å²) in [6.45, 7) is 12.1. The van der Waals surface area contributed by atoms with Crippen molar-refractivity contribution in [1.29, 1.82) is 0 Å². The van der Waals surface area contributed by atoms with Crippen molar-refractivity contribution in [3.8, 4) is 0 Å². The summed E-state index contributed by atoms with van der Waals surface area (Å²) in [5.41, 5.74) is -1.24. The zero-order valence-corrected chi connectivity index (χ0v) is 14.6. The van der Waals surface area contributed by atoms with E-state index in [1.165, 1.54) is 0 Å². The normalized spacial score (nSPS) is 17.7. The molecule has 2 amide bonds. The highest BCUT2D eigenvalue weighted by atomic mass is 16.6. The van der Waals surface area contributed by atoms with Gasteiger partial charge in [0.15, 0.2) is 0 Å². The van der Waals surface area contributed by atoms with Gasteiger partial charge in [0.2, 0.25) is 5.91 Å². The minimum Gasteiger partial charge on any atom is -0.444 e. The molecule has 0 unspecified atom stereocenters. The van der Waals surface area contributed by atoms with Crippen LogP contribution in [-0.4, -0.2) is 53.3 Å². The van der Waals surface area contributed by atoms with Crippen molar-refractivity contribution < 1.29 is 19.4 Å². The second-order valence-corrected chi connectivity index (χ2v) is 7.90. The van der Waals surface area contributed by atoms with E-state index in [2.05, 4.69) is 5.32 Å². The lowest BCUT2D eigenvalue weighted by Gasteiger charge is -2.41. The molecule has 2 N–H and O–H groups in total. The first-order valence-electron chi connectivity index (χ1n) is 7.84. The number of carbonyl (C=O) groups excluding carboxylic acids is 2. The van der Waals surface area contributed by atoms with Crippen LogP contribution in [0.3, 0.4) is 0 Å². The SMILES string of the molecule is C[C@@H](CC1CN(C(=O)OC(C)(C)C)C1)NC(=O)C(C)(C)CO. The molecule has 0 aromatic carbocycles. The molecule has 0 spiro atoms. The maximum absolute atomic E-state index is 12.0. The van der Waals surface area contributed by atoms with Crippen molar-refractivity contribution in [2.24, 2.45) is 11.3 Å². The largest absolute Gasteiger partial charge is 0.444 e. The topological polar surface area (TPSA) is 78.9 Å². The average molecular weight is 314 g/mol. The van der Waals surface area contributed by atoms with E-state index in [0.29, 0.717) is 19.0 Å². The van der Waals surface area contributed by atoms with Crippen LogP contribution in [0, 0.1) is 11.3 Å². The molecule has 1 aliphatic heterocycles. The van der Waals surface area contributed by atoms with Gasteiger partial charge in [-0.3, -0.25) is 4.79 Å². The number of nitrogens with one attached hydrogen (secondary N) is 1. The molecule has 6 nitrogen and oxygen atoms in total. The van der Waals surface area contributed by atoms with E-state index in [1.54, 1.807) is 18.7 Å². The van der Waals surface area contributed by atoms with Gasteiger partial charge in [-0.2, -0.15) is 0 Å². The molecular weight excluding hydrogens is 284 g/mol. The lowest BCUT2D eigenvalue weighted by molar-refractivity contribution is -0.132. The minimum atomic E-state index is -0.767. The smallest absolute Gasteiger partial charge is 0.410 e.